The summed E-state index contributed by atoms with van der Waals surface area (Å²) in [7, 11) is 0. The van der Waals surface area contributed by atoms with Gasteiger partial charge < -0.3 is 15.2 Å². The van der Waals surface area contributed by atoms with Crippen LogP contribution < -0.4 is 10.6 Å². The molecule has 0 aliphatic carbocycles. The summed E-state index contributed by atoms with van der Waals surface area (Å²) in [5, 5.41) is 8.23. The number of halogens is 2. The van der Waals surface area contributed by atoms with Gasteiger partial charge in [0.1, 0.15) is 0 Å². The van der Waals surface area contributed by atoms with Crippen molar-refractivity contribution < 1.29 is 18.1 Å². The molecule has 0 saturated carbocycles. The first kappa shape index (κ1) is 15.9. The Morgan fingerprint density at radius 1 is 1.27 bits per heavy atom. The Morgan fingerprint density at radius 3 is 2.64 bits per heavy atom. The van der Waals surface area contributed by atoms with Crippen LogP contribution >= 0.6 is 0 Å². The number of amides is 2. The largest absolute Gasteiger partial charge is 0.337 e. The topological polar surface area (TPSA) is 80.0 Å². The molecule has 2 aromatic rings. The van der Waals surface area contributed by atoms with Gasteiger partial charge in [0.15, 0.2) is 0 Å². The van der Waals surface area contributed by atoms with Crippen LogP contribution in [0.15, 0.2) is 22.7 Å². The number of nitrogens with zero attached hydrogens (tertiary/aromatic N) is 2. The molecule has 0 atom stereocenters. The molecule has 2 rings (SSSR count). The average Bonchev–Trinajstić information content (AvgIpc) is 2.93. The first-order chi connectivity index (χ1) is 10.5. The quantitative estimate of drug-likeness (QED) is 0.889. The molecule has 0 fully saturated rings. The maximum absolute atomic E-state index is 12.3. The van der Waals surface area contributed by atoms with Gasteiger partial charge in [0.25, 0.3) is 0 Å². The molecule has 6 nitrogen and oxygen atoms in total. The molecule has 2 N–H and O–H groups in total. The van der Waals surface area contributed by atoms with Gasteiger partial charge in [-0.25, -0.2) is 13.6 Å². The number of carbonyl (C=O) groups is 1. The van der Waals surface area contributed by atoms with Gasteiger partial charge in [-0.05, 0) is 25.0 Å². The number of aryl methyl sites for hydroxylation is 2. The van der Waals surface area contributed by atoms with Crippen molar-refractivity contribution in [3.8, 4) is 0 Å². The van der Waals surface area contributed by atoms with E-state index in [4.69, 9.17) is 0 Å². The third-order valence-electron chi connectivity index (χ3n) is 3.02. The van der Waals surface area contributed by atoms with Crippen LogP contribution in [0.3, 0.4) is 0 Å². The van der Waals surface area contributed by atoms with Gasteiger partial charge in [-0.1, -0.05) is 28.9 Å². The fourth-order valence-electron chi connectivity index (χ4n) is 1.87. The summed E-state index contributed by atoms with van der Waals surface area (Å²) in [4.78, 5) is 15.1. The average molecular weight is 310 g/mol. The van der Waals surface area contributed by atoms with Gasteiger partial charge in [0, 0.05) is 6.54 Å². The SMILES string of the molecule is Cc1ccc(CNC(=O)NCc2nc(C(F)F)no2)c(C)c1. The van der Waals surface area contributed by atoms with E-state index in [0.29, 0.717) is 6.54 Å². The fourth-order valence-corrected chi connectivity index (χ4v) is 1.87. The molecule has 0 bridgehead atoms. The van der Waals surface area contributed by atoms with Crippen molar-refractivity contribution in [2.45, 2.75) is 33.4 Å². The first-order valence-electron chi connectivity index (χ1n) is 6.64. The number of benzene rings is 1. The number of carbonyl (C=O) groups excluding carboxylic acids is 1. The van der Waals surface area contributed by atoms with Gasteiger partial charge in [-0.15, -0.1) is 0 Å². The predicted molar refractivity (Wildman–Crippen MR) is 74.2 cm³/mol. The number of aromatic nitrogens is 2. The second kappa shape index (κ2) is 6.97. The van der Waals surface area contributed by atoms with E-state index in [2.05, 4.69) is 25.3 Å². The Hall–Kier alpha value is -2.51. The van der Waals surface area contributed by atoms with Crippen LogP contribution in [0.5, 0.6) is 0 Å². The molecule has 0 aliphatic rings. The maximum Gasteiger partial charge on any atom is 0.315 e. The van der Waals surface area contributed by atoms with Crippen molar-refractivity contribution in [3.63, 3.8) is 0 Å². The van der Waals surface area contributed by atoms with E-state index in [1.54, 1.807) is 0 Å². The molecule has 22 heavy (non-hydrogen) atoms. The molecule has 8 heteroatoms. The predicted octanol–water partition coefficient (Wildman–Crippen LogP) is 2.62. The molecule has 1 aromatic heterocycles. The van der Waals surface area contributed by atoms with Crippen LogP contribution in [-0.4, -0.2) is 16.2 Å². The van der Waals surface area contributed by atoms with Crippen LogP contribution in [0.25, 0.3) is 0 Å². The van der Waals surface area contributed by atoms with Crippen LogP contribution in [0.1, 0.15) is 34.8 Å². The molecule has 0 saturated heterocycles. The second-order valence-electron chi connectivity index (χ2n) is 4.81. The standard InChI is InChI=1S/C14H16F2N4O2/c1-8-3-4-10(9(2)5-8)6-17-14(21)18-7-11-19-13(12(15)16)20-22-11/h3-5,12H,6-7H2,1-2H3,(H2,17,18,21). The van der Waals surface area contributed by atoms with Gasteiger partial charge in [-0.2, -0.15) is 4.98 Å². The normalized spacial score (nSPS) is 10.8. The first-order valence-corrected chi connectivity index (χ1v) is 6.64. The molecule has 0 unspecified atom stereocenters. The second-order valence-corrected chi connectivity index (χ2v) is 4.81. The number of hydrogen-bond donors (Lipinski definition) is 2. The van der Waals surface area contributed by atoms with Crippen molar-refractivity contribution in [2.24, 2.45) is 0 Å². The summed E-state index contributed by atoms with van der Waals surface area (Å²) < 4.78 is 29.1. The number of alkyl halides is 2. The molecular formula is C14H16F2N4O2. The molecule has 1 heterocycles. The summed E-state index contributed by atoms with van der Waals surface area (Å²) in [5.41, 5.74) is 3.23. The minimum Gasteiger partial charge on any atom is -0.337 e. The molecule has 2 amide bonds. The molecule has 0 radical (unpaired) electrons. The highest BCUT2D eigenvalue weighted by Crippen LogP contribution is 2.14. The van der Waals surface area contributed by atoms with Gasteiger partial charge in [0.05, 0.1) is 6.54 Å². The lowest BCUT2D eigenvalue weighted by molar-refractivity contribution is 0.136. The van der Waals surface area contributed by atoms with E-state index in [-0.39, 0.29) is 12.4 Å². The monoisotopic (exact) mass is 310 g/mol. The van der Waals surface area contributed by atoms with Crippen molar-refractivity contribution >= 4 is 6.03 Å². The number of rotatable bonds is 5. The summed E-state index contributed by atoms with van der Waals surface area (Å²) in [6.07, 6.45) is -2.80. The lowest BCUT2D eigenvalue weighted by Crippen LogP contribution is -2.34. The Morgan fingerprint density at radius 2 is 2.00 bits per heavy atom. The number of urea groups is 1. The van der Waals surface area contributed by atoms with Crippen LogP contribution in [0.2, 0.25) is 0 Å². The van der Waals surface area contributed by atoms with Crippen molar-refractivity contribution in [1.29, 1.82) is 0 Å². The minimum absolute atomic E-state index is 0.0723. The molecular weight excluding hydrogens is 294 g/mol. The van der Waals surface area contributed by atoms with E-state index in [0.717, 1.165) is 16.7 Å². The Kier molecular flexibility index (Phi) is 5.03. The van der Waals surface area contributed by atoms with Gasteiger partial charge in [-0.3, -0.25) is 0 Å². The summed E-state index contributed by atoms with van der Waals surface area (Å²) in [5.74, 6) is -0.760. The smallest absolute Gasteiger partial charge is 0.315 e. The zero-order valence-electron chi connectivity index (χ0n) is 12.2. The Bertz CT molecular complexity index is 658. The molecule has 0 aliphatic heterocycles. The van der Waals surface area contributed by atoms with Gasteiger partial charge in [0.2, 0.25) is 11.7 Å². The van der Waals surface area contributed by atoms with E-state index >= 15 is 0 Å². The van der Waals surface area contributed by atoms with Crippen LogP contribution in [-0.2, 0) is 13.1 Å². The lowest BCUT2D eigenvalue weighted by Gasteiger charge is -2.09. The van der Waals surface area contributed by atoms with Crippen molar-refractivity contribution in [1.82, 2.24) is 20.8 Å². The third-order valence-corrected chi connectivity index (χ3v) is 3.02. The van der Waals surface area contributed by atoms with E-state index in [1.165, 1.54) is 0 Å². The fraction of sp³-hybridized carbons (Fsp3) is 0.357. The van der Waals surface area contributed by atoms with E-state index in [9.17, 15) is 13.6 Å². The number of hydrogen-bond acceptors (Lipinski definition) is 4. The summed E-state index contributed by atoms with van der Waals surface area (Å²) in [6.45, 7) is 4.21. The number of nitrogens with one attached hydrogen (secondary N) is 2. The summed E-state index contributed by atoms with van der Waals surface area (Å²) >= 11 is 0. The zero-order valence-corrected chi connectivity index (χ0v) is 12.2. The van der Waals surface area contributed by atoms with Gasteiger partial charge >= 0.3 is 12.5 Å². The van der Waals surface area contributed by atoms with Crippen molar-refractivity contribution in [3.05, 3.63) is 46.6 Å². The minimum atomic E-state index is -2.80. The maximum atomic E-state index is 12.3. The Balaban J connectivity index is 1.80. The Labute approximate surface area is 125 Å². The highest BCUT2D eigenvalue weighted by molar-refractivity contribution is 5.73. The summed E-state index contributed by atoms with van der Waals surface area (Å²) in [6, 6.07) is 5.49. The lowest BCUT2D eigenvalue weighted by atomic mass is 10.1. The van der Waals surface area contributed by atoms with E-state index < -0.39 is 18.3 Å². The van der Waals surface area contributed by atoms with E-state index in [1.807, 2.05) is 32.0 Å². The molecule has 118 valence electrons. The molecule has 0 spiro atoms. The zero-order chi connectivity index (χ0) is 16.1. The highest BCUT2D eigenvalue weighted by Gasteiger charge is 2.15. The van der Waals surface area contributed by atoms with Crippen LogP contribution in [0.4, 0.5) is 13.6 Å². The molecule has 1 aromatic carbocycles. The highest BCUT2D eigenvalue weighted by atomic mass is 19.3. The van der Waals surface area contributed by atoms with Crippen molar-refractivity contribution in [2.75, 3.05) is 0 Å². The van der Waals surface area contributed by atoms with Crippen LogP contribution in [0, 0.1) is 13.8 Å². The third kappa shape index (κ3) is 4.24.